The van der Waals surface area contributed by atoms with Crippen LogP contribution in [0.5, 0.6) is 0 Å². The number of hydrogen-bond donors (Lipinski definition) is 0. The summed E-state index contributed by atoms with van der Waals surface area (Å²) >= 11 is 5.90. The second-order valence-electron chi connectivity index (χ2n) is 7.76. The number of amides is 1. The number of esters is 1. The van der Waals surface area contributed by atoms with Gasteiger partial charge < -0.3 is 9.64 Å². The number of unbranched alkanes of at least 4 members (excludes halogenated alkanes) is 3. The molecular weight excluding hydrogens is 450 g/mol. The summed E-state index contributed by atoms with van der Waals surface area (Å²) in [6, 6.07) is 14.3. The van der Waals surface area contributed by atoms with Crippen molar-refractivity contribution in [1.82, 2.24) is 4.90 Å². The van der Waals surface area contributed by atoms with Gasteiger partial charge in [0.1, 0.15) is 5.37 Å². The van der Waals surface area contributed by atoms with Crippen LogP contribution in [-0.4, -0.2) is 39.4 Å². The molecule has 3 rings (SSSR count). The molecule has 170 valence electrons. The molecule has 0 bridgehead atoms. The van der Waals surface area contributed by atoms with E-state index in [9.17, 15) is 18.6 Å². The maximum Gasteiger partial charge on any atom is 0.345 e. The minimum atomic E-state index is -1.21. The molecule has 2 aromatic carbocycles. The standard InChI is InChI=1S/C24H26ClNO5S/c25-21-12-8-18(9-13-21)5-3-1-2-4-14-26-22(28)15-23(26)32(30)16-19-6-10-20(11-7-19)24(29)31-17-27/h6-13,17,23H,1-5,14-16H2. The summed E-state index contributed by atoms with van der Waals surface area (Å²) < 4.78 is 17.1. The Balaban J connectivity index is 1.38. The van der Waals surface area contributed by atoms with E-state index < -0.39 is 16.8 Å². The van der Waals surface area contributed by atoms with Crippen molar-refractivity contribution in [2.45, 2.75) is 49.7 Å². The summed E-state index contributed by atoms with van der Waals surface area (Å²) in [5, 5.41) is 0.493. The fraction of sp³-hybridized carbons (Fsp3) is 0.375. The molecule has 1 aliphatic heterocycles. The van der Waals surface area contributed by atoms with Gasteiger partial charge in [0.2, 0.25) is 5.91 Å². The van der Waals surface area contributed by atoms with E-state index in [0.717, 1.165) is 42.7 Å². The average Bonchev–Trinajstić information content (AvgIpc) is 2.78. The maximum atomic E-state index is 12.8. The Labute approximate surface area is 195 Å². The summed E-state index contributed by atoms with van der Waals surface area (Å²) in [6.07, 6.45) is 5.41. The van der Waals surface area contributed by atoms with Gasteiger partial charge in [0, 0.05) is 22.4 Å². The van der Waals surface area contributed by atoms with Crippen LogP contribution in [0.4, 0.5) is 0 Å². The van der Waals surface area contributed by atoms with E-state index in [4.69, 9.17) is 11.6 Å². The van der Waals surface area contributed by atoms with Crippen molar-refractivity contribution < 1.29 is 23.3 Å². The van der Waals surface area contributed by atoms with E-state index in [1.54, 1.807) is 17.0 Å². The van der Waals surface area contributed by atoms with Crippen molar-refractivity contribution in [3.63, 3.8) is 0 Å². The number of aryl methyl sites for hydroxylation is 1. The largest absolute Gasteiger partial charge is 0.392 e. The molecule has 2 unspecified atom stereocenters. The zero-order chi connectivity index (χ0) is 22.9. The molecule has 0 aliphatic carbocycles. The lowest BCUT2D eigenvalue weighted by molar-refractivity contribution is -0.141. The Bertz CT molecular complexity index is 961. The molecule has 6 nitrogen and oxygen atoms in total. The van der Waals surface area contributed by atoms with E-state index in [0.29, 0.717) is 18.7 Å². The van der Waals surface area contributed by atoms with E-state index in [2.05, 4.69) is 4.74 Å². The predicted octanol–water partition coefficient (Wildman–Crippen LogP) is 4.26. The molecule has 2 atom stereocenters. The number of β-lactam (4-membered cyclic amide) rings is 1. The molecular formula is C24H26ClNO5S. The number of carbonyl (C=O) groups is 3. The highest BCUT2D eigenvalue weighted by atomic mass is 35.5. The van der Waals surface area contributed by atoms with Crippen LogP contribution in [0.2, 0.25) is 5.02 Å². The summed E-state index contributed by atoms with van der Waals surface area (Å²) in [6.45, 7) is 0.722. The second-order valence-corrected chi connectivity index (χ2v) is 9.79. The van der Waals surface area contributed by atoms with Gasteiger partial charge >= 0.3 is 12.4 Å². The highest BCUT2D eigenvalue weighted by molar-refractivity contribution is 7.84. The van der Waals surface area contributed by atoms with Gasteiger partial charge in [0.25, 0.3) is 0 Å². The minimum Gasteiger partial charge on any atom is -0.392 e. The Morgan fingerprint density at radius 2 is 1.69 bits per heavy atom. The van der Waals surface area contributed by atoms with Crippen LogP contribution >= 0.6 is 11.6 Å². The molecule has 2 aromatic rings. The second kappa shape index (κ2) is 11.9. The third-order valence-corrected chi connectivity index (χ3v) is 7.40. The number of nitrogens with zero attached hydrogens (tertiary/aromatic N) is 1. The van der Waals surface area contributed by atoms with Crippen LogP contribution in [0.1, 0.15) is 53.6 Å². The van der Waals surface area contributed by atoms with Gasteiger partial charge in [0.15, 0.2) is 0 Å². The third-order valence-electron chi connectivity index (χ3n) is 5.50. The van der Waals surface area contributed by atoms with E-state index >= 15 is 0 Å². The lowest BCUT2D eigenvalue weighted by Gasteiger charge is -2.39. The van der Waals surface area contributed by atoms with Crippen LogP contribution < -0.4 is 0 Å². The Kier molecular flexibility index (Phi) is 9.00. The van der Waals surface area contributed by atoms with Gasteiger partial charge in [0.05, 0.1) is 17.7 Å². The zero-order valence-corrected chi connectivity index (χ0v) is 19.3. The molecule has 1 fully saturated rings. The van der Waals surface area contributed by atoms with Crippen molar-refractivity contribution in [3.05, 3.63) is 70.2 Å². The molecule has 1 amide bonds. The fourth-order valence-corrected chi connectivity index (χ4v) is 5.33. The number of halogens is 1. The van der Waals surface area contributed by atoms with Crippen molar-refractivity contribution in [2.24, 2.45) is 0 Å². The maximum absolute atomic E-state index is 12.8. The zero-order valence-electron chi connectivity index (χ0n) is 17.7. The first kappa shape index (κ1) is 24.1. The normalized spacial score (nSPS) is 16.3. The lowest BCUT2D eigenvalue weighted by Crippen LogP contribution is -2.55. The van der Waals surface area contributed by atoms with Crippen LogP contribution in [0.3, 0.4) is 0 Å². The van der Waals surface area contributed by atoms with E-state index in [1.165, 1.54) is 17.7 Å². The molecule has 0 radical (unpaired) electrons. The van der Waals surface area contributed by atoms with Crippen LogP contribution in [0, 0.1) is 0 Å². The molecule has 0 saturated carbocycles. The predicted molar refractivity (Wildman–Crippen MR) is 124 cm³/mol. The Morgan fingerprint density at radius 3 is 2.34 bits per heavy atom. The molecule has 1 aliphatic rings. The molecule has 0 spiro atoms. The Morgan fingerprint density at radius 1 is 1.03 bits per heavy atom. The smallest absolute Gasteiger partial charge is 0.345 e. The summed E-state index contributed by atoms with van der Waals surface area (Å²) in [7, 11) is -1.21. The number of hydrogen-bond acceptors (Lipinski definition) is 5. The van der Waals surface area contributed by atoms with Gasteiger partial charge in [-0.15, -0.1) is 0 Å². The number of rotatable bonds is 12. The van der Waals surface area contributed by atoms with Crippen molar-refractivity contribution in [2.75, 3.05) is 6.54 Å². The summed E-state index contributed by atoms with van der Waals surface area (Å²) in [4.78, 5) is 35.5. The quantitative estimate of drug-likeness (QED) is 0.151. The first-order chi connectivity index (χ1) is 15.5. The first-order valence-corrected chi connectivity index (χ1v) is 12.4. The third kappa shape index (κ3) is 6.74. The van der Waals surface area contributed by atoms with E-state index in [-0.39, 0.29) is 23.3 Å². The summed E-state index contributed by atoms with van der Waals surface area (Å²) in [5.74, 6) is -0.369. The average molecular weight is 476 g/mol. The number of likely N-dealkylation sites (tertiary alicyclic amines) is 1. The van der Waals surface area contributed by atoms with Crippen LogP contribution in [0.15, 0.2) is 48.5 Å². The lowest BCUT2D eigenvalue weighted by atomic mass is 10.1. The van der Waals surface area contributed by atoms with Gasteiger partial charge in [-0.2, -0.15) is 0 Å². The number of ether oxygens (including phenoxy) is 1. The molecule has 0 N–H and O–H groups in total. The van der Waals surface area contributed by atoms with Crippen molar-refractivity contribution in [3.8, 4) is 0 Å². The van der Waals surface area contributed by atoms with E-state index in [1.807, 2.05) is 24.3 Å². The van der Waals surface area contributed by atoms with Gasteiger partial charge in [-0.05, 0) is 54.7 Å². The molecule has 1 saturated heterocycles. The highest BCUT2D eigenvalue weighted by Crippen LogP contribution is 2.25. The fourth-order valence-electron chi connectivity index (χ4n) is 3.65. The van der Waals surface area contributed by atoms with Crippen LogP contribution in [-0.2, 0) is 37.3 Å². The summed E-state index contributed by atoms with van der Waals surface area (Å²) in [5.41, 5.74) is 2.33. The topological polar surface area (TPSA) is 80.8 Å². The van der Waals surface area contributed by atoms with Gasteiger partial charge in [-0.25, -0.2) is 4.79 Å². The number of carbonyl (C=O) groups excluding carboxylic acids is 3. The Hall–Kier alpha value is -2.51. The first-order valence-electron chi connectivity index (χ1n) is 10.6. The van der Waals surface area contributed by atoms with Crippen LogP contribution in [0.25, 0.3) is 0 Å². The monoisotopic (exact) mass is 475 g/mol. The molecule has 8 heteroatoms. The van der Waals surface area contributed by atoms with Crippen molar-refractivity contribution >= 4 is 40.7 Å². The minimum absolute atomic E-state index is 0.0523. The molecule has 0 aromatic heterocycles. The molecule has 1 heterocycles. The van der Waals surface area contributed by atoms with Crippen molar-refractivity contribution in [1.29, 1.82) is 0 Å². The van der Waals surface area contributed by atoms with Gasteiger partial charge in [-0.1, -0.05) is 48.7 Å². The highest BCUT2D eigenvalue weighted by Gasteiger charge is 2.39. The van der Waals surface area contributed by atoms with Gasteiger partial charge in [-0.3, -0.25) is 13.8 Å². The number of benzene rings is 2. The SMILES string of the molecule is O=COC(=O)c1ccc(CS(=O)C2CC(=O)N2CCCCCCc2ccc(Cl)cc2)cc1. The molecule has 32 heavy (non-hydrogen) atoms.